The summed E-state index contributed by atoms with van der Waals surface area (Å²) in [6.07, 6.45) is -4.05. The highest BCUT2D eigenvalue weighted by Crippen LogP contribution is 2.30. The first kappa shape index (κ1) is 25.1. The molecule has 0 aliphatic carbocycles. The maximum atomic E-state index is 12.7. The second-order valence-corrected chi connectivity index (χ2v) is 8.44. The average Bonchev–Trinajstić information content (AvgIpc) is 2.68. The molecule has 0 spiro atoms. The molecule has 1 N–H and O–H groups in total. The standard InChI is InChI=1S/C22H27F3N4O3/c1-14(2)32-20(31)29(21(3,4)5)12-19(30)26-11-17-10-18(28-13-27-17)15-6-8-16(9-7-15)22(23,24)25/h6-10,13-14H,11-12H2,1-5H3,(H,26,30). The van der Waals surface area contributed by atoms with E-state index >= 15 is 0 Å². The highest BCUT2D eigenvalue weighted by molar-refractivity contribution is 5.82. The van der Waals surface area contributed by atoms with Gasteiger partial charge in [0.2, 0.25) is 5.91 Å². The van der Waals surface area contributed by atoms with Crippen molar-refractivity contribution in [3.8, 4) is 11.3 Å². The normalized spacial score (nSPS) is 11.9. The van der Waals surface area contributed by atoms with Crippen molar-refractivity contribution >= 4 is 12.0 Å². The molecule has 174 valence electrons. The van der Waals surface area contributed by atoms with E-state index in [4.69, 9.17) is 4.74 Å². The molecule has 0 aliphatic rings. The number of halogens is 3. The predicted octanol–water partition coefficient (Wildman–Crippen LogP) is 4.42. The van der Waals surface area contributed by atoms with Crippen LogP contribution in [0.3, 0.4) is 0 Å². The number of ether oxygens (including phenoxy) is 1. The molecule has 0 saturated carbocycles. The third-order valence-corrected chi connectivity index (χ3v) is 4.37. The molecule has 0 radical (unpaired) electrons. The Morgan fingerprint density at radius 2 is 1.72 bits per heavy atom. The largest absolute Gasteiger partial charge is 0.447 e. The van der Waals surface area contributed by atoms with Gasteiger partial charge in [-0.15, -0.1) is 0 Å². The van der Waals surface area contributed by atoms with Crippen molar-refractivity contribution in [2.24, 2.45) is 0 Å². The molecule has 2 aromatic rings. The number of amides is 2. The van der Waals surface area contributed by atoms with Crippen molar-refractivity contribution < 1.29 is 27.5 Å². The van der Waals surface area contributed by atoms with Crippen LogP contribution in [-0.4, -0.2) is 45.1 Å². The lowest BCUT2D eigenvalue weighted by Gasteiger charge is -2.34. The van der Waals surface area contributed by atoms with Gasteiger partial charge >= 0.3 is 12.3 Å². The fourth-order valence-corrected chi connectivity index (χ4v) is 2.71. The smallest absolute Gasteiger partial charge is 0.416 e. The Hall–Kier alpha value is -3.17. The molecule has 32 heavy (non-hydrogen) atoms. The number of carbonyl (C=O) groups excluding carboxylic acids is 2. The Labute approximate surface area is 185 Å². The van der Waals surface area contributed by atoms with Gasteiger partial charge in [-0.3, -0.25) is 9.69 Å². The van der Waals surface area contributed by atoms with Crippen LogP contribution in [0.1, 0.15) is 45.9 Å². The van der Waals surface area contributed by atoms with Gasteiger partial charge in [0.1, 0.15) is 12.9 Å². The summed E-state index contributed by atoms with van der Waals surface area (Å²) in [6, 6.07) is 6.20. The van der Waals surface area contributed by atoms with Crippen LogP contribution in [0.15, 0.2) is 36.7 Å². The van der Waals surface area contributed by atoms with Crippen LogP contribution in [0, 0.1) is 0 Å². The number of benzene rings is 1. The molecule has 1 heterocycles. The van der Waals surface area contributed by atoms with E-state index in [1.807, 2.05) is 0 Å². The van der Waals surface area contributed by atoms with Gasteiger partial charge < -0.3 is 10.1 Å². The molecule has 0 unspecified atom stereocenters. The van der Waals surface area contributed by atoms with E-state index in [-0.39, 0.29) is 19.2 Å². The maximum absolute atomic E-state index is 12.7. The molecule has 10 heteroatoms. The number of nitrogens with zero attached hydrogens (tertiary/aromatic N) is 3. The molecule has 1 aromatic heterocycles. The molecule has 0 atom stereocenters. The first-order valence-corrected chi connectivity index (χ1v) is 10.0. The fraction of sp³-hybridized carbons (Fsp3) is 0.455. The van der Waals surface area contributed by atoms with Gasteiger partial charge in [-0.1, -0.05) is 12.1 Å². The monoisotopic (exact) mass is 452 g/mol. The van der Waals surface area contributed by atoms with E-state index in [0.717, 1.165) is 12.1 Å². The van der Waals surface area contributed by atoms with Crippen molar-refractivity contribution in [2.75, 3.05) is 6.54 Å². The zero-order chi connectivity index (χ0) is 24.1. The van der Waals surface area contributed by atoms with E-state index in [1.165, 1.54) is 23.4 Å². The van der Waals surface area contributed by atoms with E-state index in [2.05, 4.69) is 15.3 Å². The Kier molecular flexibility index (Phi) is 7.82. The van der Waals surface area contributed by atoms with Crippen molar-refractivity contribution in [2.45, 2.75) is 59.0 Å². The van der Waals surface area contributed by atoms with Gasteiger partial charge in [0.05, 0.1) is 29.6 Å². The number of aromatic nitrogens is 2. The SMILES string of the molecule is CC(C)OC(=O)N(CC(=O)NCc1cc(-c2ccc(C(F)(F)F)cc2)ncn1)C(C)(C)C. The third-order valence-electron chi connectivity index (χ3n) is 4.37. The highest BCUT2D eigenvalue weighted by Gasteiger charge is 2.31. The minimum atomic E-state index is -4.41. The third kappa shape index (κ3) is 7.21. The van der Waals surface area contributed by atoms with E-state index < -0.39 is 29.3 Å². The fourth-order valence-electron chi connectivity index (χ4n) is 2.71. The van der Waals surface area contributed by atoms with Crippen LogP contribution in [0.4, 0.5) is 18.0 Å². The predicted molar refractivity (Wildman–Crippen MR) is 112 cm³/mol. The zero-order valence-electron chi connectivity index (χ0n) is 18.7. The molecule has 2 amide bonds. The number of carbonyl (C=O) groups is 2. The molecule has 0 bridgehead atoms. The van der Waals surface area contributed by atoms with Gasteiger partial charge in [0, 0.05) is 11.1 Å². The summed E-state index contributed by atoms with van der Waals surface area (Å²) in [5.74, 6) is -0.407. The number of nitrogens with one attached hydrogen (secondary N) is 1. The summed E-state index contributed by atoms with van der Waals surface area (Å²) in [6.45, 7) is 8.69. The van der Waals surface area contributed by atoms with Crippen molar-refractivity contribution in [1.82, 2.24) is 20.2 Å². The van der Waals surface area contributed by atoms with Crippen LogP contribution in [0.25, 0.3) is 11.3 Å². The van der Waals surface area contributed by atoms with Crippen LogP contribution in [-0.2, 0) is 22.3 Å². The number of alkyl halides is 3. The van der Waals surface area contributed by atoms with Gasteiger partial charge in [0.25, 0.3) is 0 Å². The number of hydrogen-bond donors (Lipinski definition) is 1. The molecule has 1 aromatic carbocycles. The van der Waals surface area contributed by atoms with Crippen LogP contribution in [0.5, 0.6) is 0 Å². The summed E-state index contributed by atoms with van der Waals surface area (Å²) in [4.78, 5) is 34.3. The summed E-state index contributed by atoms with van der Waals surface area (Å²) < 4.78 is 43.4. The minimum absolute atomic E-state index is 0.0617. The van der Waals surface area contributed by atoms with Crippen molar-refractivity contribution in [3.05, 3.63) is 47.9 Å². The van der Waals surface area contributed by atoms with Crippen LogP contribution in [0.2, 0.25) is 0 Å². The van der Waals surface area contributed by atoms with Crippen molar-refractivity contribution in [1.29, 1.82) is 0 Å². The summed E-state index contributed by atoms with van der Waals surface area (Å²) in [5.41, 5.74) is 0.00386. The van der Waals surface area contributed by atoms with E-state index in [0.29, 0.717) is 17.0 Å². The van der Waals surface area contributed by atoms with Crippen molar-refractivity contribution in [3.63, 3.8) is 0 Å². The number of rotatable bonds is 6. The van der Waals surface area contributed by atoms with Gasteiger partial charge in [-0.25, -0.2) is 14.8 Å². The van der Waals surface area contributed by atoms with E-state index in [1.54, 1.807) is 40.7 Å². The Morgan fingerprint density at radius 3 is 2.25 bits per heavy atom. The summed E-state index contributed by atoms with van der Waals surface area (Å²) in [7, 11) is 0. The Balaban J connectivity index is 2.04. The summed E-state index contributed by atoms with van der Waals surface area (Å²) in [5, 5.41) is 2.69. The molecule has 2 rings (SSSR count). The lowest BCUT2D eigenvalue weighted by atomic mass is 10.1. The lowest BCUT2D eigenvalue weighted by molar-refractivity contribution is -0.137. The number of hydrogen-bond acceptors (Lipinski definition) is 5. The van der Waals surface area contributed by atoms with Gasteiger partial charge in [-0.2, -0.15) is 13.2 Å². The quantitative estimate of drug-likeness (QED) is 0.701. The zero-order valence-corrected chi connectivity index (χ0v) is 18.7. The first-order valence-electron chi connectivity index (χ1n) is 10.0. The highest BCUT2D eigenvalue weighted by atomic mass is 19.4. The van der Waals surface area contributed by atoms with Crippen LogP contribution < -0.4 is 5.32 Å². The molecule has 0 saturated heterocycles. The molecular formula is C22H27F3N4O3. The molecule has 0 aliphatic heterocycles. The van der Waals surface area contributed by atoms with Crippen LogP contribution >= 0.6 is 0 Å². The molecule has 0 fully saturated rings. The molecular weight excluding hydrogens is 425 g/mol. The van der Waals surface area contributed by atoms with E-state index in [9.17, 15) is 22.8 Å². The Morgan fingerprint density at radius 1 is 1.09 bits per heavy atom. The maximum Gasteiger partial charge on any atom is 0.416 e. The topological polar surface area (TPSA) is 84.4 Å². The Bertz CT molecular complexity index is 939. The lowest BCUT2D eigenvalue weighted by Crippen LogP contribution is -2.51. The van der Waals surface area contributed by atoms with Gasteiger partial charge in [0.15, 0.2) is 0 Å². The first-order chi connectivity index (χ1) is 14.8. The summed E-state index contributed by atoms with van der Waals surface area (Å²) >= 11 is 0. The molecule has 7 nitrogen and oxygen atoms in total. The average molecular weight is 452 g/mol. The minimum Gasteiger partial charge on any atom is -0.447 e. The second-order valence-electron chi connectivity index (χ2n) is 8.44. The second kappa shape index (κ2) is 9.97. The van der Waals surface area contributed by atoms with Gasteiger partial charge in [-0.05, 0) is 52.8 Å².